The minimum atomic E-state index is 0.441. The lowest BCUT2D eigenvalue weighted by atomic mass is 10.1. The summed E-state index contributed by atoms with van der Waals surface area (Å²) in [5.41, 5.74) is 1.09. The molecule has 72 valence electrons. The van der Waals surface area contributed by atoms with Gasteiger partial charge in [-0.3, -0.25) is 0 Å². The van der Waals surface area contributed by atoms with E-state index in [2.05, 4.69) is 34.9 Å². The number of fused-ring (bicyclic) bond motifs is 1. The monoisotopic (exact) mass is 244 g/mol. The standard InChI is InChI=1S/C9H13BrN2O/c1-6(2)8-7(10)9-12(11-8)4-3-5-13-9/h6H,3-5H2,1-2H3. The first-order chi connectivity index (χ1) is 6.20. The fourth-order valence-corrected chi connectivity index (χ4v) is 2.34. The van der Waals surface area contributed by atoms with Crippen LogP contribution in [0, 0.1) is 0 Å². The van der Waals surface area contributed by atoms with E-state index in [1.165, 1.54) is 0 Å². The van der Waals surface area contributed by atoms with E-state index in [0.717, 1.165) is 35.6 Å². The molecule has 0 unspecified atom stereocenters. The Kier molecular flexibility index (Phi) is 2.32. The van der Waals surface area contributed by atoms with Crippen molar-refractivity contribution in [2.75, 3.05) is 6.61 Å². The van der Waals surface area contributed by atoms with Gasteiger partial charge in [-0.1, -0.05) is 13.8 Å². The lowest BCUT2D eigenvalue weighted by Gasteiger charge is -2.14. The highest BCUT2D eigenvalue weighted by Crippen LogP contribution is 2.34. The molecule has 1 aromatic heterocycles. The molecule has 3 nitrogen and oxygen atoms in total. The zero-order valence-corrected chi connectivity index (χ0v) is 9.47. The summed E-state index contributed by atoms with van der Waals surface area (Å²) in [6.07, 6.45) is 1.05. The van der Waals surface area contributed by atoms with Crippen molar-refractivity contribution in [1.82, 2.24) is 9.78 Å². The quantitative estimate of drug-likeness (QED) is 0.760. The predicted octanol–water partition coefficient (Wildman–Crippen LogP) is 2.55. The number of nitrogens with zero attached hydrogens (tertiary/aromatic N) is 2. The molecule has 0 saturated carbocycles. The first-order valence-electron chi connectivity index (χ1n) is 4.59. The smallest absolute Gasteiger partial charge is 0.226 e. The first-order valence-corrected chi connectivity index (χ1v) is 5.38. The molecule has 13 heavy (non-hydrogen) atoms. The van der Waals surface area contributed by atoms with Crippen molar-refractivity contribution < 1.29 is 4.74 Å². The molecule has 0 fully saturated rings. The van der Waals surface area contributed by atoms with Gasteiger partial charge < -0.3 is 4.74 Å². The lowest BCUT2D eigenvalue weighted by molar-refractivity contribution is 0.229. The summed E-state index contributed by atoms with van der Waals surface area (Å²) in [6, 6.07) is 0. The largest absolute Gasteiger partial charge is 0.477 e. The van der Waals surface area contributed by atoms with Crippen molar-refractivity contribution in [2.24, 2.45) is 0 Å². The Hall–Kier alpha value is -0.510. The van der Waals surface area contributed by atoms with Gasteiger partial charge in [-0.25, -0.2) is 4.68 Å². The van der Waals surface area contributed by atoms with Crippen LogP contribution in [0.25, 0.3) is 0 Å². The van der Waals surface area contributed by atoms with Crippen molar-refractivity contribution in [3.8, 4) is 5.88 Å². The average molecular weight is 245 g/mol. The molecule has 0 amide bonds. The van der Waals surface area contributed by atoms with E-state index in [1.807, 2.05) is 4.68 Å². The van der Waals surface area contributed by atoms with Crippen molar-refractivity contribution in [3.63, 3.8) is 0 Å². The fourth-order valence-electron chi connectivity index (χ4n) is 1.48. The number of rotatable bonds is 1. The highest BCUT2D eigenvalue weighted by Gasteiger charge is 2.21. The molecular formula is C9H13BrN2O. The van der Waals surface area contributed by atoms with Crippen molar-refractivity contribution in [3.05, 3.63) is 10.2 Å². The molecule has 1 aliphatic heterocycles. The van der Waals surface area contributed by atoms with E-state index >= 15 is 0 Å². The molecular weight excluding hydrogens is 232 g/mol. The van der Waals surface area contributed by atoms with E-state index in [0.29, 0.717) is 5.92 Å². The third-order valence-corrected chi connectivity index (χ3v) is 2.92. The van der Waals surface area contributed by atoms with Crippen molar-refractivity contribution in [2.45, 2.75) is 32.7 Å². The van der Waals surface area contributed by atoms with Crippen LogP contribution >= 0.6 is 15.9 Å². The summed E-state index contributed by atoms with van der Waals surface area (Å²) in [5, 5.41) is 4.49. The maximum absolute atomic E-state index is 5.54. The SMILES string of the molecule is CC(C)c1nn2c(c1Br)OCCC2. The highest BCUT2D eigenvalue weighted by molar-refractivity contribution is 9.10. The Morgan fingerprint density at radius 1 is 1.54 bits per heavy atom. The molecule has 0 aliphatic carbocycles. The molecule has 0 radical (unpaired) electrons. The summed E-state index contributed by atoms with van der Waals surface area (Å²) in [4.78, 5) is 0. The van der Waals surface area contributed by atoms with Crippen LogP contribution in [0.2, 0.25) is 0 Å². The molecule has 0 spiro atoms. The zero-order valence-electron chi connectivity index (χ0n) is 7.88. The minimum absolute atomic E-state index is 0.441. The van der Waals surface area contributed by atoms with Gasteiger partial charge in [0.15, 0.2) is 0 Å². The number of aryl methyl sites for hydroxylation is 1. The summed E-state index contributed by atoms with van der Waals surface area (Å²) in [6.45, 7) is 6.06. The van der Waals surface area contributed by atoms with Gasteiger partial charge in [0.05, 0.1) is 12.3 Å². The van der Waals surface area contributed by atoms with E-state index in [1.54, 1.807) is 0 Å². The molecule has 0 saturated heterocycles. The number of ether oxygens (including phenoxy) is 1. The van der Waals surface area contributed by atoms with Crippen molar-refractivity contribution in [1.29, 1.82) is 0 Å². The summed E-state index contributed by atoms with van der Waals surface area (Å²) in [5.74, 6) is 1.34. The van der Waals surface area contributed by atoms with E-state index in [-0.39, 0.29) is 0 Å². The van der Waals surface area contributed by atoms with Crippen LogP contribution in [0.1, 0.15) is 31.9 Å². The number of hydrogen-bond acceptors (Lipinski definition) is 2. The van der Waals surface area contributed by atoms with E-state index in [4.69, 9.17) is 4.74 Å². The van der Waals surface area contributed by atoms with Gasteiger partial charge in [0.25, 0.3) is 0 Å². The topological polar surface area (TPSA) is 27.1 Å². The second-order valence-electron chi connectivity index (χ2n) is 3.58. The Morgan fingerprint density at radius 3 is 2.92 bits per heavy atom. The zero-order chi connectivity index (χ0) is 9.42. The van der Waals surface area contributed by atoms with Crippen LogP contribution in [0.4, 0.5) is 0 Å². The van der Waals surface area contributed by atoms with E-state index < -0.39 is 0 Å². The highest BCUT2D eigenvalue weighted by atomic mass is 79.9. The summed E-state index contributed by atoms with van der Waals surface area (Å²) >= 11 is 3.53. The van der Waals surface area contributed by atoms with Gasteiger partial charge in [-0.05, 0) is 21.8 Å². The second kappa shape index (κ2) is 3.33. The number of aromatic nitrogens is 2. The molecule has 0 atom stereocenters. The third-order valence-electron chi connectivity index (χ3n) is 2.18. The average Bonchev–Trinajstić information content (AvgIpc) is 2.45. The lowest BCUT2D eigenvalue weighted by Crippen LogP contribution is -2.14. The minimum Gasteiger partial charge on any atom is -0.477 e. The molecule has 2 rings (SSSR count). The molecule has 0 N–H and O–H groups in total. The maximum atomic E-state index is 5.54. The van der Waals surface area contributed by atoms with Crippen LogP contribution in [0.3, 0.4) is 0 Å². The number of halogens is 1. The van der Waals surface area contributed by atoms with Gasteiger partial charge in [0.2, 0.25) is 5.88 Å². The summed E-state index contributed by atoms with van der Waals surface area (Å²) in [7, 11) is 0. The molecule has 1 aliphatic rings. The Morgan fingerprint density at radius 2 is 2.31 bits per heavy atom. The molecule has 0 bridgehead atoms. The van der Waals surface area contributed by atoms with Crippen LogP contribution in [0.5, 0.6) is 5.88 Å². The molecule has 4 heteroatoms. The summed E-state index contributed by atoms with van der Waals surface area (Å²) < 4.78 is 8.52. The van der Waals surface area contributed by atoms with Crippen LogP contribution < -0.4 is 4.74 Å². The van der Waals surface area contributed by atoms with Crippen LogP contribution in [-0.4, -0.2) is 16.4 Å². The van der Waals surface area contributed by atoms with Crippen LogP contribution in [0.15, 0.2) is 4.47 Å². The van der Waals surface area contributed by atoms with E-state index in [9.17, 15) is 0 Å². The van der Waals surface area contributed by atoms with Crippen LogP contribution in [-0.2, 0) is 6.54 Å². The van der Waals surface area contributed by atoms with Gasteiger partial charge in [0, 0.05) is 13.0 Å². The Labute approximate surface area is 86.2 Å². The normalized spacial score (nSPS) is 15.7. The van der Waals surface area contributed by atoms with Gasteiger partial charge >= 0.3 is 0 Å². The molecule has 2 heterocycles. The third kappa shape index (κ3) is 1.47. The Bertz CT molecular complexity index is 320. The van der Waals surface area contributed by atoms with Gasteiger partial charge in [-0.2, -0.15) is 5.10 Å². The Balaban J connectivity index is 2.44. The second-order valence-corrected chi connectivity index (χ2v) is 4.38. The predicted molar refractivity (Wildman–Crippen MR) is 54.1 cm³/mol. The maximum Gasteiger partial charge on any atom is 0.226 e. The van der Waals surface area contributed by atoms with Gasteiger partial charge in [0.1, 0.15) is 4.47 Å². The van der Waals surface area contributed by atoms with Crippen molar-refractivity contribution >= 4 is 15.9 Å². The first kappa shape index (κ1) is 9.06. The molecule has 1 aromatic rings. The fraction of sp³-hybridized carbons (Fsp3) is 0.667. The van der Waals surface area contributed by atoms with Gasteiger partial charge in [-0.15, -0.1) is 0 Å². The molecule has 0 aromatic carbocycles. The number of hydrogen-bond donors (Lipinski definition) is 0.